The molecular formula is C12H21NO5. The van der Waals surface area contributed by atoms with Crippen molar-refractivity contribution in [3.8, 4) is 0 Å². The molecule has 6 heteroatoms. The molecule has 0 bridgehead atoms. The molecule has 0 saturated heterocycles. The van der Waals surface area contributed by atoms with Gasteiger partial charge in [0.25, 0.3) is 0 Å². The van der Waals surface area contributed by atoms with Gasteiger partial charge in [-0.1, -0.05) is 0 Å². The second-order valence-electron chi connectivity index (χ2n) is 4.51. The first-order chi connectivity index (χ1) is 8.61. The van der Waals surface area contributed by atoms with Crippen molar-refractivity contribution in [1.29, 1.82) is 0 Å². The molecule has 0 radical (unpaired) electrons. The summed E-state index contributed by atoms with van der Waals surface area (Å²) < 4.78 is 5.18. The molecule has 0 aliphatic heterocycles. The summed E-state index contributed by atoms with van der Waals surface area (Å²) in [6.07, 6.45) is 2.40. The van der Waals surface area contributed by atoms with E-state index in [1.54, 1.807) is 0 Å². The predicted molar refractivity (Wildman–Crippen MR) is 64.0 cm³/mol. The van der Waals surface area contributed by atoms with Crippen LogP contribution in [0.5, 0.6) is 0 Å². The van der Waals surface area contributed by atoms with Crippen molar-refractivity contribution < 1.29 is 24.5 Å². The summed E-state index contributed by atoms with van der Waals surface area (Å²) in [6, 6.07) is 0. The standard InChI is InChI=1S/C12H21NO5/c14-10-4-1-3-9(10)12(17)13-6-8-18-7-2-5-11(15)16/h9-10,14H,1-8H2,(H,13,17)(H,15,16)/t9-,10?/m0/s1. The van der Waals surface area contributed by atoms with Gasteiger partial charge in [-0.25, -0.2) is 0 Å². The highest BCUT2D eigenvalue weighted by molar-refractivity contribution is 5.79. The second-order valence-corrected chi connectivity index (χ2v) is 4.51. The second kappa shape index (κ2) is 8.05. The molecular weight excluding hydrogens is 238 g/mol. The van der Waals surface area contributed by atoms with Gasteiger partial charge in [0, 0.05) is 19.6 Å². The molecule has 18 heavy (non-hydrogen) atoms. The molecule has 1 unspecified atom stereocenters. The molecule has 0 aromatic rings. The van der Waals surface area contributed by atoms with Crippen LogP contribution >= 0.6 is 0 Å². The van der Waals surface area contributed by atoms with Crippen LogP contribution in [0, 0.1) is 5.92 Å². The van der Waals surface area contributed by atoms with Gasteiger partial charge in [-0.3, -0.25) is 9.59 Å². The fraction of sp³-hybridized carbons (Fsp3) is 0.833. The summed E-state index contributed by atoms with van der Waals surface area (Å²) in [5.74, 6) is -1.23. The number of amides is 1. The van der Waals surface area contributed by atoms with Crippen molar-refractivity contribution >= 4 is 11.9 Å². The lowest BCUT2D eigenvalue weighted by Crippen LogP contribution is -2.36. The fourth-order valence-corrected chi connectivity index (χ4v) is 2.05. The number of carbonyl (C=O) groups excluding carboxylic acids is 1. The molecule has 0 aromatic heterocycles. The molecule has 1 rings (SSSR count). The molecule has 0 heterocycles. The Kier molecular flexibility index (Phi) is 6.67. The predicted octanol–water partition coefficient (Wildman–Crippen LogP) is 0.145. The Hall–Kier alpha value is -1.14. The maximum atomic E-state index is 11.6. The number of aliphatic hydroxyl groups excluding tert-OH is 1. The monoisotopic (exact) mass is 259 g/mol. The molecule has 3 N–H and O–H groups in total. The molecule has 1 aliphatic carbocycles. The van der Waals surface area contributed by atoms with Gasteiger partial charge < -0.3 is 20.3 Å². The highest BCUT2D eigenvalue weighted by atomic mass is 16.5. The van der Waals surface area contributed by atoms with Crippen LogP contribution in [0.15, 0.2) is 0 Å². The minimum Gasteiger partial charge on any atom is -0.481 e. The Morgan fingerprint density at radius 1 is 1.28 bits per heavy atom. The van der Waals surface area contributed by atoms with E-state index in [2.05, 4.69) is 5.32 Å². The summed E-state index contributed by atoms with van der Waals surface area (Å²) in [5.41, 5.74) is 0. The number of hydrogen-bond acceptors (Lipinski definition) is 4. The van der Waals surface area contributed by atoms with Crippen LogP contribution in [0.2, 0.25) is 0 Å². The Bertz CT molecular complexity index is 282. The van der Waals surface area contributed by atoms with Crippen molar-refractivity contribution in [2.45, 2.75) is 38.2 Å². The number of carbonyl (C=O) groups is 2. The van der Waals surface area contributed by atoms with Crippen LogP contribution < -0.4 is 5.32 Å². The number of nitrogens with one attached hydrogen (secondary N) is 1. The van der Waals surface area contributed by atoms with E-state index in [0.29, 0.717) is 32.6 Å². The first-order valence-electron chi connectivity index (χ1n) is 6.36. The van der Waals surface area contributed by atoms with E-state index in [-0.39, 0.29) is 18.2 Å². The van der Waals surface area contributed by atoms with E-state index in [9.17, 15) is 14.7 Å². The lowest BCUT2D eigenvalue weighted by molar-refractivity contribution is -0.137. The average Bonchev–Trinajstić information content (AvgIpc) is 2.73. The summed E-state index contributed by atoms with van der Waals surface area (Å²) in [6.45, 7) is 1.15. The van der Waals surface area contributed by atoms with Crippen molar-refractivity contribution in [3.05, 3.63) is 0 Å². The Morgan fingerprint density at radius 2 is 2.06 bits per heavy atom. The minimum absolute atomic E-state index is 0.0978. The van der Waals surface area contributed by atoms with Crippen LogP contribution in [0.3, 0.4) is 0 Å². The zero-order valence-corrected chi connectivity index (χ0v) is 10.4. The van der Waals surface area contributed by atoms with Crippen LogP contribution in [0.1, 0.15) is 32.1 Å². The van der Waals surface area contributed by atoms with E-state index in [1.807, 2.05) is 0 Å². The number of carboxylic acid groups (broad SMARTS) is 1. The fourth-order valence-electron chi connectivity index (χ4n) is 2.05. The highest BCUT2D eigenvalue weighted by Crippen LogP contribution is 2.25. The maximum Gasteiger partial charge on any atom is 0.303 e. The third kappa shape index (κ3) is 5.46. The number of aliphatic hydroxyl groups is 1. The SMILES string of the molecule is O=C(O)CCCOCCNC(=O)[C@H]1CCCC1O. The van der Waals surface area contributed by atoms with Crippen LogP contribution in [-0.2, 0) is 14.3 Å². The van der Waals surface area contributed by atoms with Crippen LogP contribution in [0.4, 0.5) is 0 Å². The summed E-state index contributed by atoms with van der Waals surface area (Å²) in [7, 11) is 0. The van der Waals surface area contributed by atoms with Gasteiger partial charge in [-0.05, 0) is 25.7 Å². The first-order valence-corrected chi connectivity index (χ1v) is 6.36. The van der Waals surface area contributed by atoms with Gasteiger partial charge in [0.2, 0.25) is 5.91 Å². The van der Waals surface area contributed by atoms with E-state index >= 15 is 0 Å². The van der Waals surface area contributed by atoms with E-state index in [1.165, 1.54) is 0 Å². The Balaban J connectivity index is 1.97. The third-order valence-corrected chi connectivity index (χ3v) is 3.04. The molecule has 104 valence electrons. The normalized spacial score (nSPS) is 22.9. The van der Waals surface area contributed by atoms with Gasteiger partial charge in [-0.2, -0.15) is 0 Å². The first kappa shape index (κ1) is 14.9. The number of aliphatic carboxylic acids is 1. The molecule has 1 fully saturated rings. The van der Waals surface area contributed by atoms with E-state index in [4.69, 9.17) is 9.84 Å². The van der Waals surface area contributed by atoms with Gasteiger partial charge in [0.1, 0.15) is 0 Å². The third-order valence-electron chi connectivity index (χ3n) is 3.04. The molecule has 1 aliphatic rings. The quantitative estimate of drug-likeness (QED) is 0.539. The Labute approximate surface area is 106 Å². The highest BCUT2D eigenvalue weighted by Gasteiger charge is 2.30. The van der Waals surface area contributed by atoms with Gasteiger partial charge in [0.15, 0.2) is 0 Å². The molecule has 0 spiro atoms. The van der Waals surface area contributed by atoms with E-state index in [0.717, 1.165) is 12.8 Å². The summed E-state index contributed by atoms with van der Waals surface area (Å²) in [4.78, 5) is 21.8. The lowest BCUT2D eigenvalue weighted by atomic mass is 10.1. The van der Waals surface area contributed by atoms with Crippen LogP contribution in [-0.4, -0.2) is 48.0 Å². The lowest BCUT2D eigenvalue weighted by Gasteiger charge is -2.14. The molecule has 6 nitrogen and oxygen atoms in total. The molecule has 2 atom stereocenters. The smallest absolute Gasteiger partial charge is 0.303 e. The maximum absolute atomic E-state index is 11.6. The molecule has 0 aromatic carbocycles. The van der Waals surface area contributed by atoms with Crippen molar-refractivity contribution in [2.24, 2.45) is 5.92 Å². The van der Waals surface area contributed by atoms with Crippen molar-refractivity contribution in [2.75, 3.05) is 19.8 Å². The Morgan fingerprint density at radius 3 is 2.67 bits per heavy atom. The van der Waals surface area contributed by atoms with Crippen molar-refractivity contribution in [1.82, 2.24) is 5.32 Å². The largest absolute Gasteiger partial charge is 0.481 e. The average molecular weight is 259 g/mol. The van der Waals surface area contributed by atoms with Gasteiger partial charge >= 0.3 is 5.97 Å². The topological polar surface area (TPSA) is 95.9 Å². The zero-order valence-electron chi connectivity index (χ0n) is 10.4. The van der Waals surface area contributed by atoms with Gasteiger partial charge in [-0.15, -0.1) is 0 Å². The van der Waals surface area contributed by atoms with Crippen molar-refractivity contribution in [3.63, 3.8) is 0 Å². The number of ether oxygens (including phenoxy) is 1. The number of rotatable bonds is 8. The van der Waals surface area contributed by atoms with Gasteiger partial charge in [0.05, 0.1) is 18.6 Å². The summed E-state index contributed by atoms with van der Waals surface area (Å²) >= 11 is 0. The number of hydrogen-bond donors (Lipinski definition) is 3. The summed E-state index contributed by atoms with van der Waals surface area (Å²) in [5, 5.41) is 20.6. The zero-order chi connectivity index (χ0) is 13.4. The van der Waals surface area contributed by atoms with Crippen LogP contribution in [0.25, 0.3) is 0 Å². The van der Waals surface area contributed by atoms with E-state index < -0.39 is 12.1 Å². The minimum atomic E-state index is -0.831. The number of carboxylic acids is 1. The molecule has 1 saturated carbocycles. The molecule has 1 amide bonds.